The summed E-state index contributed by atoms with van der Waals surface area (Å²) in [6, 6.07) is 1.99. The lowest BCUT2D eigenvalue weighted by Gasteiger charge is -2.19. The molecule has 0 saturated carbocycles. The van der Waals surface area contributed by atoms with E-state index in [1.54, 1.807) is 17.1 Å². The van der Waals surface area contributed by atoms with E-state index < -0.39 is 0 Å². The van der Waals surface area contributed by atoms with Gasteiger partial charge in [0, 0.05) is 19.4 Å². The van der Waals surface area contributed by atoms with Crippen LogP contribution in [-0.2, 0) is 7.05 Å². The zero-order chi connectivity index (χ0) is 12.4. The predicted octanol–water partition coefficient (Wildman–Crippen LogP) is 2.09. The maximum atomic E-state index is 6.18. The number of hydrogen-bond donors (Lipinski definition) is 1. The Bertz CT molecular complexity index is 501. The van der Waals surface area contributed by atoms with Crippen molar-refractivity contribution in [1.82, 2.24) is 20.1 Å². The monoisotopic (exact) mass is 250 g/mol. The first-order valence-corrected chi connectivity index (χ1v) is 5.78. The number of aryl methyl sites for hydroxylation is 2. The van der Waals surface area contributed by atoms with Gasteiger partial charge in [-0.25, -0.2) is 0 Å². The molecule has 2 rings (SSSR count). The summed E-state index contributed by atoms with van der Waals surface area (Å²) in [4.78, 5) is 4.17. The van der Waals surface area contributed by atoms with Crippen molar-refractivity contribution >= 4 is 11.6 Å². The Balaban J connectivity index is 2.52. The molecule has 0 saturated heterocycles. The van der Waals surface area contributed by atoms with Gasteiger partial charge in [-0.2, -0.15) is 5.10 Å². The molecule has 0 aliphatic heterocycles. The molecule has 0 aliphatic rings. The number of nitrogens with one attached hydrogen (secondary N) is 1. The SMILES string of the molecule is CNC(c1cnccc1C)c1c(Cl)cnn1C. The van der Waals surface area contributed by atoms with Crippen LogP contribution in [0, 0.1) is 6.92 Å². The van der Waals surface area contributed by atoms with Crippen molar-refractivity contribution in [3.63, 3.8) is 0 Å². The summed E-state index contributed by atoms with van der Waals surface area (Å²) in [7, 11) is 3.79. The van der Waals surface area contributed by atoms with Gasteiger partial charge in [0.1, 0.15) is 0 Å². The van der Waals surface area contributed by atoms with E-state index in [0.717, 1.165) is 11.3 Å². The van der Waals surface area contributed by atoms with Crippen molar-refractivity contribution in [3.8, 4) is 0 Å². The van der Waals surface area contributed by atoms with Gasteiger partial charge in [0.2, 0.25) is 0 Å². The van der Waals surface area contributed by atoms with Crippen LogP contribution in [-0.4, -0.2) is 21.8 Å². The largest absolute Gasteiger partial charge is 0.308 e. The van der Waals surface area contributed by atoms with Gasteiger partial charge in [0.05, 0.1) is 23.0 Å². The van der Waals surface area contributed by atoms with Crippen LogP contribution in [0.2, 0.25) is 5.02 Å². The van der Waals surface area contributed by atoms with E-state index >= 15 is 0 Å². The Labute approximate surface area is 106 Å². The number of aromatic nitrogens is 3. The van der Waals surface area contributed by atoms with E-state index in [1.165, 1.54) is 5.56 Å². The third kappa shape index (κ3) is 2.18. The van der Waals surface area contributed by atoms with Crippen LogP contribution in [0.4, 0.5) is 0 Å². The lowest BCUT2D eigenvalue weighted by atomic mass is 10.0. The molecule has 2 aromatic rings. The molecule has 2 heterocycles. The van der Waals surface area contributed by atoms with Crippen molar-refractivity contribution in [2.45, 2.75) is 13.0 Å². The minimum absolute atomic E-state index is 0.00343. The van der Waals surface area contributed by atoms with E-state index in [2.05, 4.69) is 22.3 Å². The van der Waals surface area contributed by atoms with Crippen LogP contribution in [0.1, 0.15) is 22.9 Å². The molecule has 4 nitrogen and oxygen atoms in total. The maximum Gasteiger partial charge on any atom is 0.0837 e. The molecule has 17 heavy (non-hydrogen) atoms. The topological polar surface area (TPSA) is 42.7 Å². The highest BCUT2D eigenvalue weighted by Crippen LogP contribution is 2.28. The molecular weight excluding hydrogens is 236 g/mol. The molecule has 0 fully saturated rings. The number of halogens is 1. The lowest BCUT2D eigenvalue weighted by Crippen LogP contribution is -2.22. The first kappa shape index (κ1) is 12.1. The van der Waals surface area contributed by atoms with Crippen LogP contribution in [0.5, 0.6) is 0 Å². The fourth-order valence-electron chi connectivity index (χ4n) is 1.96. The van der Waals surface area contributed by atoms with Gasteiger partial charge in [0.15, 0.2) is 0 Å². The first-order valence-electron chi connectivity index (χ1n) is 5.40. The highest BCUT2D eigenvalue weighted by molar-refractivity contribution is 6.31. The van der Waals surface area contributed by atoms with Crippen LogP contribution in [0.25, 0.3) is 0 Å². The van der Waals surface area contributed by atoms with Crippen molar-refractivity contribution in [2.75, 3.05) is 7.05 Å². The predicted molar refractivity (Wildman–Crippen MR) is 68.1 cm³/mol. The average Bonchev–Trinajstić information content (AvgIpc) is 2.64. The lowest BCUT2D eigenvalue weighted by molar-refractivity contribution is 0.602. The van der Waals surface area contributed by atoms with Gasteiger partial charge < -0.3 is 5.32 Å². The van der Waals surface area contributed by atoms with Crippen LogP contribution in [0.15, 0.2) is 24.7 Å². The van der Waals surface area contributed by atoms with E-state index in [4.69, 9.17) is 11.6 Å². The fourth-order valence-corrected chi connectivity index (χ4v) is 2.24. The molecule has 90 valence electrons. The molecule has 1 unspecified atom stereocenters. The Morgan fingerprint density at radius 1 is 1.41 bits per heavy atom. The number of nitrogens with zero attached hydrogens (tertiary/aromatic N) is 3. The van der Waals surface area contributed by atoms with E-state index in [-0.39, 0.29) is 6.04 Å². The second-order valence-corrected chi connectivity index (χ2v) is 4.36. The van der Waals surface area contributed by atoms with Gasteiger partial charge >= 0.3 is 0 Å². The summed E-state index contributed by atoms with van der Waals surface area (Å²) in [5.74, 6) is 0. The highest BCUT2D eigenvalue weighted by atomic mass is 35.5. The normalized spacial score (nSPS) is 12.7. The van der Waals surface area contributed by atoms with Crippen molar-refractivity contribution < 1.29 is 0 Å². The van der Waals surface area contributed by atoms with E-state index in [1.807, 2.05) is 26.4 Å². The van der Waals surface area contributed by atoms with Crippen molar-refractivity contribution in [2.24, 2.45) is 7.05 Å². The van der Waals surface area contributed by atoms with E-state index in [0.29, 0.717) is 5.02 Å². The van der Waals surface area contributed by atoms with Gasteiger partial charge in [-0.3, -0.25) is 9.67 Å². The zero-order valence-corrected chi connectivity index (χ0v) is 10.9. The van der Waals surface area contributed by atoms with Crippen molar-refractivity contribution in [3.05, 3.63) is 46.5 Å². The first-order chi connectivity index (χ1) is 8.15. The average molecular weight is 251 g/mol. The second-order valence-electron chi connectivity index (χ2n) is 3.96. The quantitative estimate of drug-likeness (QED) is 0.907. The summed E-state index contributed by atoms with van der Waals surface area (Å²) in [6.45, 7) is 2.06. The Morgan fingerprint density at radius 2 is 2.18 bits per heavy atom. The van der Waals surface area contributed by atoms with Crippen LogP contribution in [0.3, 0.4) is 0 Å². The summed E-state index contributed by atoms with van der Waals surface area (Å²) in [5, 5.41) is 8.08. The van der Waals surface area contributed by atoms with Gasteiger partial charge in [-0.15, -0.1) is 0 Å². The Kier molecular flexibility index (Phi) is 3.45. The number of pyridine rings is 1. The van der Waals surface area contributed by atoms with E-state index in [9.17, 15) is 0 Å². The molecule has 2 aromatic heterocycles. The number of rotatable bonds is 3. The minimum atomic E-state index is 0.00343. The Morgan fingerprint density at radius 3 is 2.71 bits per heavy atom. The number of hydrogen-bond acceptors (Lipinski definition) is 3. The van der Waals surface area contributed by atoms with Crippen LogP contribution >= 0.6 is 11.6 Å². The summed E-state index contributed by atoms with van der Waals surface area (Å²) >= 11 is 6.18. The molecule has 0 aliphatic carbocycles. The fraction of sp³-hybridized carbons (Fsp3) is 0.333. The minimum Gasteiger partial charge on any atom is -0.308 e. The third-order valence-electron chi connectivity index (χ3n) is 2.89. The molecular formula is C12H15ClN4. The summed E-state index contributed by atoms with van der Waals surface area (Å²) < 4.78 is 1.79. The Hall–Kier alpha value is -1.39. The molecule has 0 amide bonds. The standard InChI is InChI=1S/C12H15ClN4/c1-8-4-5-15-6-9(8)11(14-2)12-10(13)7-16-17(12)3/h4-7,11,14H,1-3H3. The molecule has 0 aromatic carbocycles. The summed E-state index contributed by atoms with van der Waals surface area (Å²) in [6.07, 6.45) is 5.31. The summed E-state index contributed by atoms with van der Waals surface area (Å²) in [5.41, 5.74) is 3.24. The molecule has 1 atom stereocenters. The van der Waals surface area contributed by atoms with Crippen LogP contribution < -0.4 is 5.32 Å². The molecule has 1 N–H and O–H groups in total. The van der Waals surface area contributed by atoms with Crippen molar-refractivity contribution in [1.29, 1.82) is 0 Å². The molecule has 0 spiro atoms. The highest BCUT2D eigenvalue weighted by Gasteiger charge is 2.20. The molecule has 0 bridgehead atoms. The van der Waals surface area contributed by atoms with Gasteiger partial charge in [0.25, 0.3) is 0 Å². The molecule has 5 heteroatoms. The smallest absolute Gasteiger partial charge is 0.0837 e. The third-order valence-corrected chi connectivity index (χ3v) is 3.18. The van der Waals surface area contributed by atoms with Gasteiger partial charge in [-0.1, -0.05) is 11.6 Å². The second kappa shape index (κ2) is 4.85. The maximum absolute atomic E-state index is 6.18. The van der Waals surface area contributed by atoms with Gasteiger partial charge in [-0.05, 0) is 31.2 Å². The zero-order valence-electron chi connectivity index (χ0n) is 10.1. The molecule has 0 radical (unpaired) electrons.